The van der Waals surface area contributed by atoms with Crippen molar-refractivity contribution in [1.29, 1.82) is 0 Å². The predicted molar refractivity (Wildman–Crippen MR) is 121 cm³/mol. The van der Waals surface area contributed by atoms with Crippen LogP contribution in [-0.2, 0) is 9.84 Å². The van der Waals surface area contributed by atoms with Crippen molar-refractivity contribution < 1.29 is 13.2 Å². The molecule has 0 saturated carbocycles. The van der Waals surface area contributed by atoms with Crippen molar-refractivity contribution in [1.82, 2.24) is 10.3 Å². The molecule has 0 aliphatic carbocycles. The number of pyridine rings is 1. The number of amides is 1. The second-order valence-electron chi connectivity index (χ2n) is 7.60. The highest BCUT2D eigenvalue weighted by molar-refractivity contribution is 7.93. The van der Waals surface area contributed by atoms with Crippen LogP contribution in [0.25, 0.3) is 0 Å². The summed E-state index contributed by atoms with van der Waals surface area (Å²) in [6, 6.07) is 11.2. The molecule has 0 radical (unpaired) electrons. The molecule has 1 aromatic carbocycles. The molecule has 0 spiro atoms. The summed E-state index contributed by atoms with van der Waals surface area (Å²) in [6.45, 7) is 4.40. The van der Waals surface area contributed by atoms with Crippen LogP contribution in [0.15, 0.2) is 47.9 Å². The van der Waals surface area contributed by atoms with Gasteiger partial charge in [0.15, 0.2) is 9.84 Å². The molecular weight excluding hydrogens is 422 g/mol. The molecule has 8 heteroatoms. The highest BCUT2D eigenvalue weighted by atomic mass is 35.5. The fourth-order valence-electron chi connectivity index (χ4n) is 3.65. The first-order chi connectivity index (χ1) is 14.2. The van der Waals surface area contributed by atoms with Crippen molar-refractivity contribution >= 4 is 33.2 Å². The zero-order valence-electron chi connectivity index (χ0n) is 17.3. The van der Waals surface area contributed by atoms with Crippen LogP contribution in [0.1, 0.15) is 47.4 Å². The Morgan fingerprint density at radius 1 is 1.30 bits per heavy atom. The Balaban J connectivity index is 1.77. The zero-order valence-corrected chi connectivity index (χ0v) is 18.9. The maximum atomic E-state index is 12.6. The normalized spacial score (nSPS) is 18.0. The molecular formula is C22H26ClN3O3S. The lowest BCUT2D eigenvalue weighted by atomic mass is 10.0. The number of nitrogens with one attached hydrogen (secondary N) is 1. The Morgan fingerprint density at radius 2 is 2.03 bits per heavy atom. The van der Waals surface area contributed by atoms with E-state index in [4.69, 9.17) is 11.6 Å². The van der Waals surface area contributed by atoms with E-state index in [0.29, 0.717) is 11.3 Å². The lowest BCUT2D eigenvalue weighted by Crippen LogP contribution is -2.32. The first kappa shape index (κ1) is 22.3. The molecule has 0 bridgehead atoms. The molecule has 2 atom stereocenters. The van der Waals surface area contributed by atoms with Gasteiger partial charge in [-0.3, -0.25) is 4.79 Å². The highest BCUT2D eigenvalue weighted by Crippen LogP contribution is 2.38. The van der Waals surface area contributed by atoms with Crippen LogP contribution in [0.5, 0.6) is 0 Å². The number of aryl methyl sites for hydroxylation is 1. The third kappa shape index (κ3) is 5.40. The number of nitrogens with zero attached hydrogens (tertiary/aromatic N) is 2. The van der Waals surface area contributed by atoms with E-state index in [1.807, 2.05) is 30.3 Å². The molecule has 1 aromatic heterocycles. The molecule has 1 fully saturated rings. The van der Waals surface area contributed by atoms with Crippen LogP contribution in [0.4, 0.5) is 5.82 Å². The number of sulfone groups is 1. The standard InChI is InChI=1S/C22H26ClN3O3S/c1-15(12-14-30(3,28)29)24-22(27)17-10-11-21(25-16(17)2)26-13-6-9-20(26)18-7-4-5-8-19(18)23/h4-5,7-8,10-12,14-15,20H,6,9,13H2,1-3H3,(H,24,27)/b14-12+/t15-,20+/m1/s1. The average Bonchev–Trinajstić information content (AvgIpc) is 3.15. The van der Waals surface area contributed by atoms with Crippen LogP contribution >= 0.6 is 11.6 Å². The van der Waals surface area contributed by atoms with Crippen molar-refractivity contribution in [3.63, 3.8) is 0 Å². The van der Waals surface area contributed by atoms with Crippen LogP contribution in [0.2, 0.25) is 5.02 Å². The predicted octanol–water partition coefficient (Wildman–Crippen LogP) is 4.06. The van der Waals surface area contributed by atoms with Crippen molar-refractivity contribution in [2.24, 2.45) is 0 Å². The van der Waals surface area contributed by atoms with E-state index in [-0.39, 0.29) is 11.9 Å². The molecule has 6 nitrogen and oxygen atoms in total. The zero-order chi connectivity index (χ0) is 21.9. The Bertz CT molecular complexity index is 1070. The molecule has 3 rings (SSSR count). The minimum atomic E-state index is -3.23. The van der Waals surface area contributed by atoms with Crippen LogP contribution in [0.3, 0.4) is 0 Å². The summed E-state index contributed by atoms with van der Waals surface area (Å²) in [5.41, 5.74) is 2.17. The number of carbonyl (C=O) groups is 1. The second-order valence-corrected chi connectivity index (χ2v) is 9.93. The fraction of sp³-hybridized carbons (Fsp3) is 0.364. The summed E-state index contributed by atoms with van der Waals surface area (Å²) in [5, 5.41) is 4.62. The Kier molecular flexibility index (Phi) is 6.83. The third-order valence-corrected chi connectivity index (χ3v) is 6.10. The molecule has 1 aliphatic heterocycles. The highest BCUT2D eigenvalue weighted by Gasteiger charge is 2.29. The SMILES string of the molecule is Cc1nc(N2CCC[C@H]2c2ccccc2Cl)ccc1C(=O)N[C@H](C)/C=C/S(C)(=O)=O. The largest absolute Gasteiger partial charge is 0.350 e. The monoisotopic (exact) mass is 447 g/mol. The van der Waals surface area contributed by atoms with Gasteiger partial charge >= 0.3 is 0 Å². The van der Waals surface area contributed by atoms with E-state index in [2.05, 4.69) is 15.2 Å². The molecule has 1 amide bonds. The number of hydrogen-bond acceptors (Lipinski definition) is 5. The van der Waals surface area contributed by atoms with E-state index in [9.17, 15) is 13.2 Å². The molecule has 160 valence electrons. The molecule has 2 heterocycles. The number of benzene rings is 1. The molecule has 2 aromatic rings. The third-order valence-electron chi connectivity index (χ3n) is 5.10. The molecule has 1 N–H and O–H groups in total. The maximum Gasteiger partial charge on any atom is 0.253 e. The van der Waals surface area contributed by atoms with Crippen molar-refractivity contribution in [3.8, 4) is 0 Å². The summed E-state index contributed by atoms with van der Waals surface area (Å²) in [6.07, 6.45) is 4.60. The first-order valence-electron chi connectivity index (χ1n) is 9.83. The molecule has 30 heavy (non-hydrogen) atoms. The van der Waals surface area contributed by atoms with E-state index < -0.39 is 15.9 Å². The average molecular weight is 448 g/mol. The quantitative estimate of drug-likeness (QED) is 0.722. The number of aromatic nitrogens is 1. The lowest BCUT2D eigenvalue weighted by Gasteiger charge is -2.27. The topological polar surface area (TPSA) is 79.4 Å². The summed E-state index contributed by atoms with van der Waals surface area (Å²) >= 11 is 6.41. The van der Waals surface area contributed by atoms with Crippen molar-refractivity contribution in [2.45, 2.75) is 38.8 Å². The Labute approximate surface area is 182 Å². The van der Waals surface area contributed by atoms with Crippen molar-refractivity contribution in [2.75, 3.05) is 17.7 Å². The number of halogens is 1. The van der Waals surface area contributed by atoms with Crippen LogP contribution < -0.4 is 10.2 Å². The van der Waals surface area contributed by atoms with E-state index >= 15 is 0 Å². The number of rotatable bonds is 6. The van der Waals surface area contributed by atoms with Crippen LogP contribution in [0, 0.1) is 6.92 Å². The van der Waals surface area contributed by atoms with E-state index in [1.54, 1.807) is 19.9 Å². The first-order valence-corrected chi connectivity index (χ1v) is 12.2. The van der Waals surface area contributed by atoms with Gasteiger partial charge in [0.2, 0.25) is 0 Å². The van der Waals surface area contributed by atoms with Gasteiger partial charge in [0.25, 0.3) is 5.91 Å². The van der Waals surface area contributed by atoms with Gasteiger partial charge in [0.1, 0.15) is 5.82 Å². The van der Waals surface area contributed by atoms with Gasteiger partial charge in [-0.2, -0.15) is 0 Å². The van der Waals surface area contributed by atoms with Crippen LogP contribution in [-0.4, -0.2) is 38.2 Å². The fourth-order valence-corrected chi connectivity index (χ4v) is 4.43. The summed E-state index contributed by atoms with van der Waals surface area (Å²) in [4.78, 5) is 19.5. The van der Waals surface area contributed by atoms with Crippen molar-refractivity contribution in [3.05, 3.63) is 69.7 Å². The maximum absolute atomic E-state index is 12.6. The minimum absolute atomic E-state index is 0.159. The molecule has 1 saturated heterocycles. The van der Waals surface area contributed by atoms with E-state index in [0.717, 1.165) is 47.5 Å². The van der Waals surface area contributed by atoms with Gasteiger partial charge in [-0.25, -0.2) is 13.4 Å². The summed E-state index contributed by atoms with van der Waals surface area (Å²) < 4.78 is 22.5. The number of carbonyl (C=O) groups excluding carboxylic acids is 1. The second kappa shape index (κ2) is 9.18. The number of hydrogen-bond donors (Lipinski definition) is 1. The minimum Gasteiger partial charge on any atom is -0.350 e. The van der Waals surface area contributed by atoms with Gasteiger partial charge in [0, 0.05) is 29.3 Å². The molecule has 1 aliphatic rings. The van der Waals surface area contributed by atoms with Gasteiger partial charge in [-0.05, 0) is 50.5 Å². The number of anilines is 1. The van der Waals surface area contributed by atoms with Gasteiger partial charge in [-0.15, -0.1) is 0 Å². The Hall–Kier alpha value is -2.38. The Morgan fingerprint density at radius 3 is 2.70 bits per heavy atom. The van der Waals surface area contributed by atoms with Gasteiger partial charge in [-0.1, -0.05) is 35.9 Å². The lowest BCUT2D eigenvalue weighted by molar-refractivity contribution is 0.0946. The van der Waals surface area contributed by atoms with Gasteiger partial charge < -0.3 is 10.2 Å². The van der Waals surface area contributed by atoms with Gasteiger partial charge in [0.05, 0.1) is 17.3 Å². The molecule has 0 unspecified atom stereocenters. The van der Waals surface area contributed by atoms with E-state index in [1.165, 1.54) is 6.08 Å². The smallest absolute Gasteiger partial charge is 0.253 e. The summed E-state index contributed by atoms with van der Waals surface area (Å²) in [7, 11) is -3.23. The summed E-state index contributed by atoms with van der Waals surface area (Å²) in [5.74, 6) is 0.526.